The third-order valence-electron chi connectivity index (χ3n) is 2.88. The molecule has 2 rings (SSSR count). The second kappa shape index (κ2) is 5.63. The molecule has 0 aromatic heterocycles. The summed E-state index contributed by atoms with van der Waals surface area (Å²) in [7, 11) is 0. The standard InChI is InChI=1S/C12H16FN3O/c13-10-1-3-11(4-2-10)15-16-12(17)9-5-7-14-8-6-9/h1-4,9,14-15H,5-8H2,(H,16,17). The van der Waals surface area contributed by atoms with Crippen LogP contribution in [0.25, 0.3) is 0 Å². The van der Waals surface area contributed by atoms with Gasteiger partial charge in [0, 0.05) is 5.92 Å². The fraction of sp³-hybridized carbons (Fsp3) is 0.417. The number of rotatable bonds is 3. The lowest BCUT2D eigenvalue weighted by Crippen LogP contribution is -2.40. The molecule has 1 amide bonds. The minimum Gasteiger partial charge on any atom is -0.317 e. The third-order valence-corrected chi connectivity index (χ3v) is 2.88. The molecule has 0 radical (unpaired) electrons. The minimum atomic E-state index is -0.291. The van der Waals surface area contributed by atoms with Crippen molar-refractivity contribution >= 4 is 11.6 Å². The molecule has 0 saturated carbocycles. The van der Waals surface area contributed by atoms with Crippen molar-refractivity contribution in [1.29, 1.82) is 0 Å². The average molecular weight is 237 g/mol. The maximum atomic E-state index is 12.7. The molecule has 0 bridgehead atoms. The Morgan fingerprint density at radius 1 is 1.24 bits per heavy atom. The molecule has 0 atom stereocenters. The lowest BCUT2D eigenvalue weighted by Gasteiger charge is -2.22. The zero-order chi connectivity index (χ0) is 12.1. The maximum Gasteiger partial charge on any atom is 0.241 e. The molecule has 3 N–H and O–H groups in total. The Bertz CT molecular complexity index is 374. The molecule has 4 nitrogen and oxygen atoms in total. The van der Waals surface area contributed by atoms with E-state index in [0.717, 1.165) is 25.9 Å². The minimum absolute atomic E-state index is 0.00387. The van der Waals surface area contributed by atoms with E-state index in [1.165, 1.54) is 12.1 Å². The van der Waals surface area contributed by atoms with Crippen molar-refractivity contribution in [1.82, 2.24) is 10.7 Å². The molecule has 1 fully saturated rings. The molecule has 0 unspecified atom stereocenters. The lowest BCUT2D eigenvalue weighted by molar-refractivity contribution is -0.125. The van der Waals surface area contributed by atoms with E-state index in [4.69, 9.17) is 0 Å². The maximum absolute atomic E-state index is 12.7. The van der Waals surface area contributed by atoms with Gasteiger partial charge in [-0.25, -0.2) is 4.39 Å². The van der Waals surface area contributed by atoms with E-state index in [9.17, 15) is 9.18 Å². The van der Waals surface area contributed by atoms with E-state index < -0.39 is 0 Å². The topological polar surface area (TPSA) is 53.2 Å². The number of anilines is 1. The zero-order valence-electron chi connectivity index (χ0n) is 9.50. The van der Waals surface area contributed by atoms with Crippen LogP contribution in [0.1, 0.15) is 12.8 Å². The van der Waals surface area contributed by atoms with Crippen LogP contribution in [0.15, 0.2) is 24.3 Å². The summed E-state index contributed by atoms with van der Waals surface area (Å²) in [5.74, 6) is -0.236. The monoisotopic (exact) mass is 237 g/mol. The number of amides is 1. The molecular weight excluding hydrogens is 221 g/mol. The van der Waals surface area contributed by atoms with Crippen LogP contribution in [-0.2, 0) is 4.79 Å². The highest BCUT2D eigenvalue weighted by molar-refractivity contribution is 5.80. The van der Waals surface area contributed by atoms with Crippen LogP contribution in [0.3, 0.4) is 0 Å². The second-order valence-electron chi connectivity index (χ2n) is 4.15. The van der Waals surface area contributed by atoms with E-state index in [2.05, 4.69) is 16.2 Å². The third kappa shape index (κ3) is 3.42. The van der Waals surface area contributed by atoms with E-state index in [1.54, 1.807) is 12.1 Å². The fourth-order valence-corrected chi connectivity index (χ4v) is 1.85. The number of hydrogen-bond donors (Lipinski definition) is 3. The number of carbonyl (C=O) groups excluding carboxylic acids is 1. The van der Waals surface area contributed by atoms with Crippen molar-refractivity contribution in [3.63, 3.8) is 0 Å². The van der Waals surface area contributed by atoms with Crippen LogP contribution in [0.4, 0.5) is 10.1 Å². The van der Waals surface area contributed by atoms with Gasteiger partial charge in [-0.3, -0.25) is 15.6 Å². The number of nitrogens with one attached hydrogen (secondary N) is 3. The Morgan fingerprint density at radius 3 is 2.53 bits per heavy atom. The smallest absolute Gasteiger partial charge is 0.241 e. The number of hydrogen-bond acceptors (Lipinski definition) is 3. The lowest BCUT2D eigenvalue weighted by atomic mass is 9.98. The van der Waals surface area contributed by atoms with Gasteiger partial charge < -0.3 is 5.32 Å². The molecule has 5 heteroatoms. The molecule has 92 valence electrons. The van der Waals surface area contributed by atoms with Crippen LogP contribution in [0.5, 0.6) is 0 Å². The van der Waals surface area contributed by atoms with Crippen molar-refractivity contribution in [3.05, 3.63) is 30.1 Å². The van der Waals surface area contributed by atoms with Crippen LogP contribution >= 0.6 is 0 Å². The first-order chi connectivity index (χ1) is 8.25. The number of carbonyl (C=O) groups is 1. The van der Waals surface area contributed by atoms with Crippen molar-refractivity contribution in [2.45, 2.75) is 12.8 Å². The Morgan fingerprint density at radius 2 is 1.88 bits per heavy atom. The summed E-state index contributed by atoms with van der Waals surface area (Å²) in [6, 6.07) is 5.86. The summed E-state index contributed by atoms with van der Waals surface area (Å²) in [5, 5.41) is 3.21. The van der Waals surface area contributed by atoms with Gasteiger partial charge in [-0.1, -0.05) is 0 Å². The molecule has 17 heavy (non-hydrogen) atoms. The molecule has 1 aliphatic rings. The normalized spacial score (nSPS) is 16.5. The molecule has 1 aromatic carbocycles. The van der Waals surface area contributed by atoms with Gasteiger partial charge >= 0.3 is 0 Å². The van der Waals surface area contributed by atoms with Crippen LogP contribution < -0.4 is 16.2 Å². The quantitative estimate of drug-likeness (QED) is 0.694. The summed E-state index contributed by atoms with van der Waals surface area (Å²) >= 11 is 0. The molecule has 1 aromatic rings. The van der Waals surface area contributed by atoms with Gasteiger partial charge in [-0.15, -0.1) is 0 Å². The van der Waals surface area contributed by atoms with Gasteiger partial charge in [0.25, 0.3) is 0 Å². The highest BCUT2D eigenvalue weighted by Crippen LogP contribution is 2.12. The van der Waals surface area contributed by atoms with Gasteiger partial charge in [0.2, 0.25) is 5.91 Å². The summed E-state index contributed by atoms with van der Waals surface area (Å²) in [6.45, 7) is 1.77. The Balaban J connectivity index is 1.81. The summed E-state index contributed by atoms with van der Waals surface area (Å²) < 4.78 is 12.7. The molecule has 0 spiro atoms. The number of halogens is 1. The number of benzene rings is 1. The van der Waals surface area contributed by atoms with Crippen molar-refractivity contribution < 1.29 is 9.18 Å². The van der Waals surface area contributed by atoms with Gasteiger partial charge in [-0.2, -0.15) is 0 Å². The largest absolute Gasteiger partial charge is 0.317 e. The van der Waals surface area contributed by atoms with Crippen LogP contribution in [0.2, 0.25) is 0 Å². The van der Waals surface area contributed by atoms with Gasteiger partial charge in [0.05, 0.1) is 5.69 Å². The van der Waals surface area contributed by atoms with E-state index >= 15 is 0 Å². The van der Waals surface area contributed by atoms with Crippen molar-refractivity contribution in [3.8, 4) is 0 Å². The number of hydrazine groups is 1. The fourth-order valence-electron chi connectivity index (χ4n) is 1.85. The zero-order valence-corrected chi connectivity index (χ0v) is 9.50. The Hall–Kier alpha value is -1.62. The van der Waals surface area contributed by atoms with E-state index in [0.29, 0.717) is 5.69 Å². The Labute approximate surface area is 99.6 Å². The summed E-state index contributed by atoms with van der Waals surface area (Å²) in [6.07, 6.45) is 1.72. The predicted molar refractivity (Wildman–Crippen MR) is 63.8 cm³/mol. The van der Waals surface area contributed by atoms with Crippen LogP contribution in [0, 0.1) is 11.7 Å². The highest BCUT2D eigenvalue weighted by Gasteiger charge is 2.20. The SMILES string of the molecule is O=C(NNc1ccc(F)cc1)C1CCNCC1. The van der Waals surface area contributed by atoms with Gasteiger partial charge in [0.15, 0.2) is 0 Å². The first kappa shape index (κ1) is 11.9. The highest BCUT2D eigenvalue weighted by atomic mass is 19.1. The van der Waals surface area contributed by atoms with Crippen molar-refractivity contribution in [2.75, 3.05) is 18.5 Å². The molecule has 1 aliphatic heterocycles. The summed E-state index contributed by atoms with van der Waals surface area (Å²) in [4.78, 5) is 11.8. The molecule has 0 aliphatic carbocycles. The second-order valence-corrected chi connectivity index (χ2v) is 4.15. The van der Waals surface area contributed by atoms with Gasteiger partial charge in [-0.05, 0) is 50.2 Å². The Kier molecular flexibility index (Phi) is 3.93. The van der Waals surface area contributed by atoms with E-state index in [-0.39, 0.29) is 17.6 Å². The van der Waals surface area contributed by atoms with Crippen molar-refractivity contribution in [2.24, 2.45) is 5.92 Å². The molecule has 1 heterocycles. The first-order valence-corrected chi connectivity index (χ1v) is 5.78. The van der Waals surface area contributed by atoms with Gasteiger partial charge in [0.1, 0.15) is 5.82 Å². The van der Waals surface area contributed by atoms with Crippen LogP contribution in [-0.4, -0.2) is 19.0 Å². The average Bonchev–Trinajstić information content (AvgIpc) is 2.39. The molecular formula is C12H16FN3O. The van der Waals surface area contributed by atoms with E-state index in [1.807, 2.05) is 0 Å². The summed E-state index contributed by atoms with van der Waals surface area (Å²) in [5.41, 5.74) is 6.11. The number of piperidine rings is 1. The predicted octanol–water partition coefficient (Wildman–Crippen LogP) is 1.27. The molecule has 1 saturated heterocycles. The first-order valence-electron chi connectivity index (χ1n) is 5.78.